The number of anilines is 6. The van der Waals surface area contributed by atoms with E-state index in [1.54, 1.807) is 0 Å². The molecule has 0 atom stereocenters. The Hall–Kier alpha value is -7.20. The van der Waals surface area contributed by atoms with E-state index in [-0.39, 0.29) is 5.48 Å². The van der Waals surface area contributed by atoms with Crippen LogP contribution in [0.5, 0.6) is 0 Å². The molecule has 0 saturated carbocycles. The van der Waals surface area contributed by atoms with Crippen LogP contribution in [0.15, 0.2) is 189 Å². The Labute approximate surface area is 417 Å². The van der Waals surface area contributed by atoms with Crippen LogP contribution in [0, 0.1) is 48.5 Å². The Kier molecular flexibility index (Phi) is 23.5. The Morgan fingerprint density at radius 2 is 0.681 bits per heavy atom. The summed E-state index contributed by atoms with van der Waals surface area (Å²) < 4.78 is 0. The summed E-state index contributed by atoms with van der Waals surface area (Å²) in [6.07, 6.45) is 7.49. The predicted octanol–water partition coefficient (Wildman–Crippen LogP) is 19.6. The Balaban J connectivity index is 0.000000688. The average molecular weight is 915 g/mol. The molecule has 0 unspecified atom stereocenters. The van der Waals surface area contributed by atoms with Crippen LogP contribution in [0.2, 0.25) is 0 Å². The van der Waals surface area contributed by atoms with Gasteiger partial charge in [0.2, 0.25) is 0 Å². The van der Waals surface area contributed by atoms with Crippen LogP contribution >= 0.6 is 0 Å². The number of rotatable bonds is 10. The summed E-state index contributed by atoms with van der Waals surface area (Å²) in [4.78, 5) is 4.69. The molecule has 0 spiro atoms. The third-order valence-electron chi connectivity index (χ3n) is 11.0. The summed E-state index contributed by atoms with van der Waals surface area (Å²) in [5.41, 5.74) is 21.5. The van der Waals surface area contributed by atoms with Gasteiger partial charge in [-0.2, -0.15) is 0 Å². The molecular weight excluding hydrogens is 837 g/mol. The van der Waals surface area contributed by atoms with Crippen molar-refractivity contribution in [3.05, 3.63) is 244 Å². The summed E-state index contributed by atoms with van der Waals surface area (Å²) >= 11 is 0. The molecule has 0 radical (unpaired) electrons. The van der Waals surface area contributed by atoms with E-state index in [1.165, 1.54) is 79.0 Å². The Bertz CT molecular complexity index is 2760. The molecule has 0 amide bonds. The van der Waals surface area contributed by atoms with E-state index in [9.17, 15) is 0 Å². The molecule has 69 heavy (non-hydrogen) atoms. The molecule has 0 fully saturated rings. The first kappa shape index (κ1) is 56.1. The van der Waals surface area contributed by atoms with Crippen molar-refractivity contribution in [1.29, 1.82) is 0 Å². The van der Waals surface area contributed by atoms with Crippen LogP contribution in [0.25, 0.3) is 29.4 Å². The standard InChI is InChI=1S/C51H46N2.C8H10.C3H8.2C2H6.H2O/c1-7-41-15-23-46(24-16-41)52(50-31-11-37(3)33-39(50)5)48-27-19-44(20-28-48)45-21-29-49(30-22-45)53(51-32-12-38(4)34-40(51)6)47-25-17-42(18-26-47)13-14-43-10-8-9-36(2)35-43;1-7-4-3-5-8(2)6-7;1-3-2;2*1-2;/h7-35H,1H2,2-6H3;3-6H,1-2H3;3H2,1-2H3;2*1-2H3;1H2/b14-13+;;;;;. The normalized spacial score (nSPS) is 10.0. The zero-order chi connectivity index (χ0) is 49.6. The lowest BCUT2D eigenvalue weighted by atomic mass is 10.0. The first-order valence-electron chi connectivity index (χ1n) is 24.5. The van der Waals surface area contributed by atoms with Crippen molar-refractivity contribution >= 4 is 52.4 Å². The second-order valence-corrected chi connectivity index (χ2v) is 16.8. The monoisotopic (exact) mass is 915 g/mol. The van der Waals surface area contributed by atoms with Crippen LogP contribution in [-0.2, 0) is 0 Å². The van der Waals surface area contributed by atoms with Gasteiger partial charge in [-0.05, 0) is 148 Å². The topological polar surface area (TPSA) is 38.0 Å². The van der Waals surface area contributed by atoms with Gasteiger partial charge in [-0.25, -0.2) is 0 Å². The SMILES string of the molecule is C=Cc1ccc(N(c2ccc(-c3ccc(N(c4ccc(/C=C/c5cccc(C)c5)cc4)c4ccc(C)cc4C)cc3)cc2)c2ccc(C)cc2C)cc1.CC.CC.CCC.Cc1cccc(C)c1.O. The second kappa shape index (κ2) is 28.9. The minimum atomic E-state index is 0. The molecule has 8 aromatic rings. The third kappa shape index (κ3) is 16.2. The largest absolute Gasteiger partial charge is 0.412 e. The van der Waals surface area contributed by atoms with Gasteiger partial charge in [-0.1, -0.05) is 222 Å². The molecular formula is C66H78N2O. The van der Waals surface area contributed by atoms with Crippen LogP contribution < -0.4 is 9.80 Å². The van der Waals surface area contributed by atoms with Gasteiger partial charge in [0.25, 0.3) is 0 Å². The molecule has 0 bridgehead atoms. The van der Waals surface area contributed by atoms with Crippen LogP contribution in [-0.4, -0.2) is 5.48 Å². The maximum absolute atomic E-state index is 3.94. The predicted molar refractivity (Wildman–Crippen MR) is 309 cm³/mol. The fraction of sp³-hybridized carbons (Fsp3) is 0.212. The van der Waals surface area contributed by atoms with Crippen molar-refractivity contribution in [3.63, 3.8) is 0 Å². The molecule has 0 aromatic heterocycles. The zero-order valence-electron chi connectivity index (χ0n) is 43.9. The van der Waals surface area contributed by atoms with E-state index < -0.39 is 0 Å². The highest BCUT2D eigenvalue weighted by molar-refractivity contribution is 5.83. The summed E-state index contributed by atoms with van der Waals surface area (Å²) in [6, 6.07) is 65.6. The molecule has 0 aliphatic heterocycles. The first-order chi connectivity index (χ1) is 33.0. The fourth-order valence-corrected chi connectivity index (χ4v) is 7.84. The number of hydrogen-bond acceptors (Lipinski definition) is 2. The minimum Gasteiger partial charge on any atom is -0.412 e. The highest BCUT2D eigenvalue weighted by atomic mass is 16.0. The third-order valence-corrected chi connectivity index (χ3v) is 11.0. The van der Waals surface area contributed by atoms with Gasteiger partial charge in [0.05, 0.1) is 0 Å². The van der Waals surface area contributed by atoms with Gasteiger partial charge in [-0.3, -0.25) is 0 Å². The van der Waals surface area contributed by atoms with Gasteiger partial charge in [0, 0.05) is 34.1 Å². The molecule has 0 aliphatic rings. The molecule has 3 heteroatoms. The number of aryl methyl sites for hydroxylation is 7. The smallest absolute Gasteiger partial charge is 0.0490 e. The van der Waals surface area contributed by atoms with Crippen molar-refractivity contribution < 1.29 is 5.48 Å². The maximum atomic E-state index is 3.94. The summed E-state index contributed by atoms with van der Waals surface area (Å²) in [5.74, 6) is 0. The molecule has 0 heterocycles. The zero-order valence-corrected chi connectivity index (χ0v) is 43.9. The van der Waals surface area contributed by atoms with Gasteiger partial charge in [0.1, 0.15) is 0 Å². The number of nitrogens with zero attached hydrogens (tertiary/aromatic N) is 2. The van der Waals surface area contributed by atoms with E-state index >= 15 is 0 Å². The molecule has 358 valence electrons. The molecule has 0 saturated heterocycles. The Morgan fingerprint density at radius 1 is 0.362 bits per heavy atom. The molecule has 8 aromatic carbocycles. The van der Waals surface area contributed by atoms with Crippen molar-refractivity contribution in [3.8, 4) is 11.1 Å². The van der Waals surface area contributed by atoms with E-state index in [0.29, 0.717) is 0 Å². The molecule has 2 N–H and O–H groups in total. The van der Waals surface area contributed by atoms with Crippen LogP contribution in [0.1, 0.15) is 104 Å². The highest BCUT2D eigenvalue weighted by Gasteiger charge is 2.17. The van der Waals surface area contributed by atoms with E-state index in [2.05, 4.69) is 273 Å². The number of hydrogen-bond donors (Lipinski definition) is 0. The molecule has 8 rings (SSSR count). The van der Waals surface area contributed by atoms with Gasteiger partial charge in [0.15, 0.2) is 0 Å². The van der Waals surface area contributed by atoms with Gasteiger partial charge in [-0.15, -0.1) is 0 Å². The fourth-order valence-electron chi connectivity index (χ4n) is 7.84. The lowest BCUT2D eigenvalue weighted by Gasteiger charge is -2.28. The van der Waals surface area contributed by atoms with E-state index in [4.69, 9.17) is 0 Å². The number of benzene rings is 8. The quantitative estimate of drug-likeness (QED) is 0.128. The molecule has 3 nitrogen and oxygen atoms in total. The summed E-state index contributed by atoms with van der Waals surface area (Å²) in [5, 5.41) is 0. The van der Waals surface area contributed by atoms with Gasteiger partial charge >= 0.3 is 0 Å². The first-order valence-corrected chi connectivity index (χ1v) is 24.5. The van der Waals surface area contributed by atoms with Crippen molar-refractivity contribution in [2.45, 2.75) is 96.4 Å². The van der Waals surface area contributed by atoms with E-state index in [1.807, 2.05) is 33.8 Å². The van der Waals surface area contributed by atoms with Crippen LogP contribution in [0.4, 0.5) is 34.1 Å². The highest BCUT2D eigenvalue weighted by Crippen LogP contribution is 2.40. The lowest BCUT2D eigenvalue weighted by Crippen LogP contribution is -2.11. The molecule has 0 aliphatic carbocycles. The van der Waals surface area contributed by atoms with Crippen molar-refractivity contribution in [2.75, 3.05) is 9.80 Å². The van der Waals surface area contributed by atoms with E-state index in [0.717, 1.165) is 28.3 Å². The lowest BCUT2D eigenvalue weighted by molar-refractivity contribution is 0.824. The minimum absolute atomic E-state index is 0. The van der Waals surface area contributed by atoms with Crippen molar-refractivity contribution in [2.24, 2.45) is 0 Å². The average Bonchev–Trinajstić information content (AvgIpc) is 3.35. The van der Waals surface area contributed by atoms with Crippen molar-refractivity contribution in [1.82, 2.24) is 0 Å². The Morgan fingerprint density at radius 3 is 1.01 bits per heavy atom. The second-order valence-electron chi connectivity index (χ2n) is 16.8. The maximum Gasteiger partial charge on any atom is 0.0490 e. The summed E-state index contributed by atoms with van der Waals surface area (Å²) in [7, 11) is 0. The summed E-state index contributed by atoms with van der Waals surface area (Å²) in [6.45, 7) is 31.2. The van der Waals surface area contributed by atoms with Gasteiger partial charge < -0.3 is 15.3 Å². The van der Waals surface area contributed by atoms with Crippen LogP contribution in [0.3, 0.4) is 0 Å².